The molecule has 1 aliphatic rings. The summed E-state index contributed by atoms with van der Waals surface area (Å²) in [5, 5.41) is 1.48. The highest BCUT2D eigenvalue weighted by atomic mass is 35.5. The molecule has 3 aromatic rings. The van der Waals surface area contributed by atoms with Crippen LogP contribution in [0.4, 0.5) is 0 Å². The van der Waals surface area contributed by atoms with Crippen LogP contribution in [0.1, 0.15) is 40.0 Å². The van der Waals surface area contributed by atoms with Gasteiger partial charge in [-0.25, -0.2) is 0 Å². The predicted molar refractivity (Wildman–Crippen MR) is 114 cm³/mol. The van der Waals surface area contributed by atoms with Crippen molar-refractivity contribution >= 4 is 40.6 Å². The first-order chi connectivity index (χ1) is 14.0. The fourth-order valence-electron chi connectivity index (χ4n) is 3.93. The Bertz CT molecular complexity index is 1150. The lowest BCUT2D eigenvalue weighted by Crippen LogP contribution is -2.24. The van der Waals surface area contributed by atoms with Gasteiger partial charge in [-0.3, -0.25) is 19.1 Å². The summed E-state index contributed by atoms with van der Waals surface area (Å²) in [7, 11) is 0. The number of aromatic nitrogens is 1. The fraction of sp³-hybridized carbons (Fsp3) is 0.261. The fourth-order valence-corrected chi connectivity index (χ4v) is 4.10. The molecule has 5 nitrogen and oxygen atoms in total. The normalized spacial score (nSPS) is 15.8. The molecule has 148 valence electrons. The van der Waals surface area contributed by atoms with E-state index in [0.717, 1.165) is 16.5 Å². The molecule has 0 radical (unpaired) electrons. The van der Waals surface area contributed by atoms with Crippen LogP contribution in [-0.2, 0) is 16.0 Å². The number of nitrogens with zero attached hydrogens (tertiary/aromatic N) is 2. The number of benzene rings is 2. The van der Waals surface area contributed by atoms with E-state index in [1.54, 1.807) is 35.9 Å². The van der Waals surface area contributed by atoms with Crippen LogP contribution in [0.2, 0.25) is 5.02 Å². The first-order valence-corrected chi connectivity index (χ1v) is 10.0. The van der Waals surface area contributed by atoms with E-state index < -0.39 is 11.9 Å². The summed E-state index contributed by atoms with van der Waals surface area (Å²) >= 11 is 6.27. The van der Waals surface area contributed by atoms with Crippen molar-refractivity contribution in [2.45, 2.75) is 26.2 Å². The molecule has 1 atom stereocenters. The van der Waals surface area contributed by atoms with Crippen molar-refractivity contribution in [3.05, 3.63) is 69.9 Å². The summed E-state index contributed by atoms with van der Waals surface area (Å²) in [5.74, 6) is -1.35. The Morgan fingerprint density at radius 1 is 1.21 bits per heavy atom. The Balaban J connectivity index is 2.01. The zero-order valence-corrected chi connectivity index (χ0v) is 17.1. The van der Waals surface area contributed by atoms with E-state index in [0.29, 0.717) is 34.8 Å². The number of aliphatic imine (C=N–C) groups is 1. The summed E-state index contributed by atoms with van der Waals surface area (Å²) in [6.45, 7) is 4.41. The van der Waals surface area contributed by atoms with Crippen LogP contribution in [-0.4, -0.2) is 35.8 Å². The van der Waals surface area contributed by atoms with Gasteiger partial charge in [-0.2, -0.15) is 0 Å². The number of hydrogen-bond acceptors (Lipinski definition) is 4. The first-order valence-electron chi connectivity index (χ1n) is 9.63. The van der Waals surface area contributed by atoms with Crippen LogP contribution in [0, 0.1) is 6.92 Å². The maximum atomic E-state index is 13.7. The highest BCUT2D eigenvalue weighted by Crippen LogP contribution is 2.35. The largest absolute Gasteiger partial charge is 0.465 e. The van der Waals surface area contributed by atoms with Crippen molar-refractivity contribution in [1.82, 2.24) is 4.57 Å². The topological polar surface area (TPSA) is 60.7 Å². The molecule has 2 aromatic carbocycles. The number of esters is 1. The molecule has 2 heterocycles. The molecule has 29 heavy (non-hydrogen) atoms. The molecule has 0 saturated carbocycles. The molecule has 0 spiro atoms. The molecular formula is C23H21ClN2O3. The standard InChI is InChI=1S/C23H21ClN2O3/c1-3-29-23(28)18-13-25-12-11-17-16-7-4-5-10-20(16)26(21(17)18)22(27)15-8-6-9-19(24)14(15)2/h4-10,13,18H,3,11-12H2,1-2H3. The van der Waals surface area contributed by atoms with E-state index in [9.17, 15) is 9.59 Å². The number of para-hydroxylation sites is 1. The molecule has 0 saturated heterocycles. The minimum Gasteiger partial charge on any atom is -0.465 e. The van der Waals surface area contributed by atoms with Gasteiger partial charge in [0.15, 0.2) is 0 Å². The van der Waals surface area contributed by atoms with Gasteiger partial charge < -0.3 is 4.74 Å². The van der Waals surface area contributed by atoms with E-state index in [-0.39, 0.29) is 12.5 Å². The van der Waals surface area contributed by atoms with Gasteiger partial charge in [0.25, 0.3) is 5.91 Å². The van der Waals surface area contributed by atoms with Crippen molar-refractivity contribution in [3.63, 3.8) is 0 Å². The molecule has 0 N–H and O–H groups in total. The maximum Gasteiger partial charge on any atom is 0.320 e. The number of hydrogen-bond donors (Lipinski definition) is 0. The molecule has 6 heteroatoms. The van der Waals surface area contributed by atoms with Gasteiger partial charge in [0.05, 0.1) is 12.1 Å². The Kier molecular flexibility index (Phi) is 5.24. The van der Waals surface area contributed by atoms with Gasteiger partial charge in [0.2, 0.25) is 0 Å². The predicted octanol–water partition coefficient (Wildman–Crippen LogP) is 4.57. The van der Waals surface area contributed by atoms with Crippen molar-refractivity contribution in [1.29, 1.82) is 0 Å². The zero-order chi connectivity index (χ0) is 20.5. The number of carbonyl (C=O) groups excluding carboxylic acids is 2. The summed E-state index contributed by atoms with van der Waals surface area (Å²) in [4.78, 5) is 30.9. The van der Waals surface area contributed by atoms with E-state index in [4.69, 9.17) is 16.3 Å². The Hall–Kier alpha value is -2.92. The van der Waals surface area contributed by atoms with Crippen molar-refractivity contribution in [2.24, 2.45) is 4.99 Å². The Morgan fingerprint density at radius 3 is 2.79 bits per heavy atom. The van der Waals surface area contributed by atoms with Gasteiger partial charge in [0.1, 0.15) is 5.92 Å². The van der Waals surface area contributed by atoms with Crippen molar-refractivity contribution < 1.29 is 14.3 Å². The molecule has 0 amide bonds. The van der Waals surface area contributed by atoms with Crippen LogP contribution < -0.4 is 0 Å². The monoisotopic (exact) mass is 408 g/mol. The number of fused-ring (bicyclic) bond motifs is 3. The van der Waals surface area contributed by atoms with Crippen LogP contribution in [0.5, 0.6) is 0 Å². The third kappa shape index (κ3) is 3.25. The van der Waals surface area contributed by atoms with Crippen LogP contribution >= 0.6 is 11.6 Å². The number of rotatable bonds is 3. The summed E-state index contributed by atoms with van der Waals surface area (Å²) in [5.41, 5.74) is 3.58. The smallest absolute Gasteiger partial charge is 0.320 e. The Morgan fingerprint density at radius 2 is 2.00 bits per heavy atom. The maximum absolute atomic E-state index is 13.7. The summed E-state index contributed by atoms with van der Waals surface area (Å²) in [6, 6.07) is 13.0. The quantitative estimate of drug-likeness (QED) is 0.596. The highest BCUT2D eigenvalue weighted by Gasteiger charge is 2.33. The van der Waals surface area contributed by atoms with Crippen LogP contribution in [0.3, 0.4) is 0 Å². The molecule has 1 aliphatic heterocycles. The van der Waals surface area contributed by atoms with Gasteiger partial charge in [-0.1, -0.05) is 35.9 Å². The average Bonchev–Trinajstić information content (AvgIpc) is 2.88. The minimum atomic E-state index is -0.733. The van der Waals surface area contributed by atoms with Crippen molar-refractivity contribution in [2.75, 3.05) is 13.2 Å². The second-order valence-corrected chi connectivity index (χ2v) is 7.38. The highest BCUT2D eigenvalue weighted by molar-refractivity contribution is 6.32. The molecule has 0 bridgehead atoms. The second-order valence-electron chi connectivity index (χ2n) is 6.97. The van der Waals surface area contributed by atoms with E-state index in [1.165, 1.54) is 0 Å². The Labute approximate surface area is 174 Å². The van der Waals surface area contributed by atoms with Crippen LogP contribution in [0.15, 0.2) is 47.5 Å². The third-order valence-corrected chi connectivity index (χ3v) is 5.71. The van der Waals surface area contributed by atoms with Gasteiger partial charge in [-0.15, -0.1) is 0 Å². The minimum absolute atomic E-state index is 0.216. The number of ether oxygens (including phenoxy) is 1. The molecule has 1 unspecified atom stereocenters. The average molecular weight is 409 g/mol. The molecular weight excluding hydrogens is 388 g/mol. The van der Waals surface area contributed by atoms with E-state index >= 15 is 0 Å². The summed E-state index contributed by atoms with van der Waals surface area (Å²) in [6.07, 6.45) is 2.26. The SMILES string of the molecule is CCOC(=O)C1C=NCCc2c1n(C(=O)c1cccc(Cl)c1C)c1ccccc21. The van der Waals surface area contributed by atoms with Gasteiger partial charge in [-0.05, 0) is 49.6 Å². The molecule has 0 aliphatic carbocycles. The molecule has 4 rings (SSSR count). The molecule has 1 aromatic heterocycles. The first kappa shape index (κ1) is 19.4. The second kappa shape index (κ2) is 7.84. The van der Waals surface area contributed by atoms with Gasteiger partial charge in [0, 0.05) is 34.4 Å². The van der Waals surface area contributed by atoms with Crippen LogP contribution in [0.25, 0.3) is 10.9 Å². The number of halogens is 1. The van der Waals surface area contributed by atoms with Crippen molar-refractivity contribution in [3.8, 4) is 0 Å². The lowest BCUT2D eigenvalue weighted by molar-refractivity contribution is -0.143. The molecule has 0 fully saturated rings. The lowest BCUT2D eigenvalue weighted by atomic mass is 9.99. The number of carbonyl (C=O) groups is 2. The van der Waals surface area contributed by atoms with E-state index in [2.05, 4.69) is 4.99 Å². The van der Waals surface area contributed by atoms with E-state index in [1.807, 2.05) is 31.2 Å². The summed E-state index contributed by atoms with van der Waals surface area (Å²) < 4.78 is 6.94. The third-order valence-electron chi connectivity index (χ3n) is 5.30. The lowest BCUT2D eigenvalue weighted by Gasteiger charge is -2.17. The van der Waals surface area contributed by atoms with Gasteiger partial charge >= 0.3 is 5.97 Å². The zero-order valence-electron chi connectivity index (χ0n) is 16.3.